The molecule has 80 valence electrons. The highest BCUT2D eigenvalue weighted by Gasteiger charge is 2.09. The van der Waals surface area contributed by atoms with E-state index in [-0.39, 0.29) is 0 Å². The summed E-state index contributed by atoms with van der Waals surface area (Å²) < 4.78 is 1.91. The van der Waals surface area contributed by atoms with Crippen molar-refractivity contribution in [1.82, 2.24) is 4.98 Å². The molecule has 1 heterocycles. The summed E-state index contributed by atoms with van der Waals surface area (Å²) in [6, 6.07) is 1.97. The maximum Gasteiger partial charge on any atom is 0.143 e. The molecule has 0 unspecified atom stereocenters. The first-order valence-corrected chi connectivity index (χ1v) is 6.27. The Kier molecular flexibility index (Phi) is 5.13. The van der Waals surface area contributed by atoms with Gasteiger partial charge in [0.1, 0.15) is 5.82 Å². The smallest absolute Gasteiger partial charge is 0.143 e. The van der Waals surface area contributed by atoms with Crippen LogP contribution < -0.4 is 4.90 Å². The molecule has 15 heavy (non-hydrogen) atoms. The summed E-state index contributed by atoms with van der Waals surface area (Å²) in [6.45, 7) is 3.62. The average Bonchev–Trinajstić information content (AvgIpc) is 2.17. The largest absolute Gasteiger partial charge is 0.345 e. The van der Waals surface area contributed by atoms with Gasteiger partial charge in [-0.15, -0.1) is 6.42 Å². The third kappa shape index (κ3) is 3.51. The van der Waals surface area contributed by atoms with Crippen molar-refractivity contribution < 1.29 is 0 Å². The molecule has 4 heteroatoms. The highest BCUT2D eigenvalue weighted by Crippen LogP contribution is 2.26. The van der Waals surface area contributed by atoms with Crippen LogP contribution in [0, 0.1) is 12.3 Å². The number of pyridine rings is 1. The van der Waals surface area contributed by atoms with Crippen LogP contribution in [0.5, 0.6) is 0 Å². The molecule has 1 aromatic rings. The lowest BCUT2D eigenvalue weighted by atomic mass is 10.3. The van der Waals surface area contributed by atoms with Crippen LogP contribution >= 0.6 is 31.9 Å². The monoisotopic (exact) mass is 330 g/mol. The topological polar surface area (TPSA) is 16.1 Å². The van der Waals surface area contributed by atoms with Crippen LogP contribution in [0.3, 0.4) is 0 Å². The van der Waals surface area contributed by atoms with Gasteiger partial charge in [0.05, 0.1) is 11.0 Å². The van der Waals surface area contributed by atoms with E-state index >= 15 is 0 Å². The molecule has 0 fully saturated rings. The zero-order valence-corrected chi connectivity index (χ0v) is 11.7. The summed E-state index contributed by atoms with van der Waals surface area (Å²) in [7, 11) is 0. The number of hydrogen-bond acceptors (Lipinski definition) is 2. The molecule has 1 rings (SSSR count). The standard InChI is InChI=1S/C11H12Br2N2/c1-3-5-15(6-4-2)11-10(13)7-9(12)8-14-11/h1,7-8H,4-6H2,2H3. The van der Waals surface area contributed by atoms with Crippen molar-refractivity contribution in [2.75, 3.05) is 18.0 Å². The molecule has 0 atom stereocenters. The molecular formula is C11H12Br2N2. The van der Waals surface area contributed by atoms with Crippen molar-refractivity contribution in [2.45, 2.75) is 13.3 Å². The van der Waals surface area contributed by atoms with Gasteiger partial charge >= 0.3 is 0 Å². The normalized spacial score (nSPS) is 9.73. The Labute approximate surface area is 107 Å². The molecule has 0 amide bonds. The zero-order valence-electron chi connectivity index (χ0n) is 8.50. The van der Waals surface area contributed by atoms with E-state index in [9.17, 15) is 0 Å². The molecule has 0 saturated heterocycles. The molecule has 1 aromatic heterocycles. The molecule has 0 radical (unpaired) electrons. The minimum atomic E-state index is 0.584. The lowest BCUT2D eigenvalue weighted by molar-refractivity contribution is 0.806. The van der Waals surface area contributed by atoms with Crippen LogP contribution in [-0.4, -0.2) is 18.1 Å². The van der Waals surface area contributed by atoms with Gasteiger partial charge in [-0.25, -0.2) is 4.98 Å². The van der Waals surface area contributed by atoms with E-state index in [1.54, 1.807) is 6.20 Å². The van der Waals surface area contributed by atoms with E-state index in [1.165, 1.54) is 0 Å². The summed E-state index contributed by atoms with van der Waals surface area (Å²) in [5.41, 5.74) is 0. The van der Waals surface area contributed by atoms with E-state index in [0.717, 1.165) is 27.7 Å². The first-order chi connectivity index (χ1) is 7.19. The van der Waals surface area contributed by atoms with Crippen molar-refractivity contribution >= 4 is 37.7 Å². The quantitative estimate of drug-likeness (QED) is 0.785. The fourth-order valence-electron chi connectivity index (χ4n) is 1.28. The molecule has 0 N–H and O–H groups in total. The molecule has 2 nitrogen and oxygen atoms in total. The molecular weight excluding hydrogens is 320 g/mol. The van der Waals surface area contributed by atoms with Crippen molar-refractivity contribution in [1.29, 1.82) is 0 Å². The Balaban J connectivity index is 2.95. The lowest BCUT2D eigenvalue weighted by Crippen LogP contribution is -2.25. The average molecular weight is 332 g/mol. The van der Waals surface area contributed by atoms with Gasteiger partial charge in [-0.2, -0.15) is 0 Å². The predicted octanol–water partition coefficient (Wildman–Crippen LogP) is 3.46. The number of aromatic nitrogens is 1. The number of rotatable bonds is 4. The second-order valence-corrected chi connectivity index (χ2v) is 4.85. The van der Waals surface area contributed by atoms with Crippen LogP contribution in [0.2, 0.25) is 0 Å². The van der Waals surface area contributed by atoms with Gasteiger partial charge in [-0.3, -0.25) is 0 Å². The zero-order chi connectivity index (χ0) is 11.3. The lowest BCUT2D eigenvalue weighted by Gasteiger charge is -2.21. The molecule has 0 spiro atoms. The Morgan fingerprint density at radius 2 is 2.27 bits per heavy atom. The van der Waals surface area contributed by atoms with Crippen LogP contribution in [0.4, 0.5) is 5.82 Å². The molecule has 0 aliphatic rings. The number of nitrogens with zero attached hydrogens (tertiary/aromatic N) is 2. The van der Waals surface area contributed by atoms with Gasteiger partial charge in [0.25, 0.3) is 0 Å². The Morgan fingerprint density at radius 3 is 2.80 bits per heavy atom. The van der Waals surface area contributed by atoms with Crippen LogP contribution in [-0.2, 0) is 0 Å². The number of anilines is 1. The fraction of sp³-hybridized carbons (Fsp3) is 0.364. The van der Waals surface area contributed by atoms with Crippen molar-refractivity contribution in [3.8, 4) is 12.3 Å². The van der Waals surface area contributed by atoms with E-state index in [1.807, 2.05) is 6.07 Å². The highest BCUT2D eigenvalue weighted by atomic mass is 79.9. The van der Waals surface area contributed by atoms with E-state index < -0.39 is 0 Å². The second kappa shape index (κ2) is 6.14. The van der Waals surface area contributed by atoms with Crippen molar-refractivity contribution in [3.05, 3.63) is 21.2 Å². The predicted molar refractivity (Wildman–Crippen MR) is 71.0 cm³/mol. The Bertz CT molecular complexity index is 371. The molecule has 0 saturated carbocycles. The van der Waals surface area contributed by atoms with Gasteiger partial charge in [0.2, 0.25) is 0 Å². The second-order valence-electron chi connectivity index (χ2n) is 3.08. The minimum absolute atomic E-state index is 0.584. The maximum atomic E-state index is 5.33. The summed E-state index contributed by atoms with van der Waals surface area (Å²) in [4.78, 5) is 6.43. The van der Waals surface area contributed by atoms with Crippen LogP contribution in [0.25, 0.3) is 0 Å². The summed E-state index contributed by atoms with van der Waals surface area (Å²) in [5, 5.41) is 0. The maximum absolute atomic E-state index is 5.33. The van der Waals surface area contributed by atoms with Gasteiger partial charge in [0.15, 0.2) is 0 Å². The summed E-state index contributed by atoms with van der Waals surface area (Å²) in [6.07, 6.45) is 8.16. The van der Waals surface area contributed by atoms with E-state index in [2.05, 4.69) is 54.6 Å². The molecule has 0 aromatic carbocycles. The van der Waals surface area contributed by atoms with E-state index in [4.69, 9.17) is 6.42 Å². The Hall–Kier alpha value is -0.530. The van der Waals surface area contributed by atoms with Crippen LogP contribution in [0.15, 0.2) is 21.2 Å². The number of terminal acetylenes is 1. The third-order valence-corrected chi connectivity index (χ3v) is 2.88. The fourth-order valence-corrected chi connectivity index (χ4v) is 2.52. The summed E-state index contributed by atoms with van der Waals surface area (Å²) >= 11 is 6.86. The molecule has 0 aliphatic carbocycles. The van der Waals surface area contributed by atoms with Gasteiger partial charge in [-0.1, -0.05) is 12.8 Å². The SMILES string of the molecule is C#CCN(CCC)c1ncc(Br)cc1Br. The minimum Gasteiger partial charge on any atom is -0.345 e. The van der Waals surface area contributed by atoms with Crippen molar-refractivity contribution in [3.63, 3.8) is 0 Å². The third-order valence-electron chi connectivity index (χ3n) is 1.86. The van der Waals surface area contributed by atoms with Crippen LogP contribution in [0.1, 0.15) is 13.3 Å². The van der Waals surface area contributed by atoms with Gasteiger partial charge < -0.3 is 4.90 Å². The summed E-state index contributed by atoms with van der Waals surface area (Å²) in [5.74, 6) is 3.55. The highest BCUT2D eigenvalue weighted by molar-refractivity contribution is 9.11. The number of hydrogen-bond donors (Lipinski definition) is 0. The first-order valence-electron chi connectivity index (χ1n) is 4.68. The number of halogens is 2. The molecule has 0 aliphatic heterocycles. The van der Waals surface area contributed by atoms with Gasteiger partial charge in [-0.05, 0) is 44.3 Å². The van der Waals surface area contributed by atoms with Gasteiger partial charge in [0, 0.05) is 17.2 Å². The van der Waals surface area contributed by atoms with Crippen molar-refractivity contribution in [2.24, 2.45) is 0 Å². The Morgan fingerprint density at radius 1 is 1.53 bits per heavy atom. The molecule has 0 bridgehead atoms. The first kappa shape index (κ1) is 12.5. The van der Waals surface area contributed by atoms with E-state index in [0.29, 0.717) is 6.54 Å².